The summed E-state index contributed by atoms with van der Waals surface area (Å²) in [6.07, 6.45) is 0. The molecule has 12 heavy (non-hydrogen) atoms. The van der Waals surface area contributed by atoms with Crippen molar-refractivity contribution in [2.45, 2.75) is 13.8 Å². The zero-order valence-corrected chi connectivity index (χ0v) is 8.11. The lowest BCUT2D eigenvalue weighted by Crippen LogP contribution is -2.03. The number of carbonyl (C=O) groups is 1. The highest BCUT2D eigenvalue weighted by Crippen LogP contribution is 2.16. The lowest BCUT2D eigenvalue weighted by atomic mass is 10.6. The van der Waals surface area contributed by atoms with Gasteiger partial charge in [0.1, 0.15) is 0 Å². The van der Waals surface area contributed by atoms with E-state index in [0.717, 1.165) is 0 Å². The van der Waals surface area contributed by atoms with E-state index in [-0.39, 0.29) is 5.97 Å². The van der Waals surface area contributed by atoms with Crippen molar-refractivity contribution in [3.05, 3.63) is 22.6 Å². The fourth-order valence-corrected chi connectivity index (χ4v) is 0.907. The van der Waals surface area contributed by atoms with Crippen LogP contribution in [0, 0.1) is 0 Å². The van der Waals surface area contributed by atoms with Crippen molar-refractivity contribution in [3.8, 4) is 0 Å². The number of ether oxygens (including phenoxy) is 1. The van der Waals surface area contributed by atoms with Gasteiger partial charge in [-0.15, -0.1) is 0 Å². The highest BCUT2D eigenvalue weighted by atomic mass is 32.2. The Labute approximate surface area is 76.7 Å². The number of hydrogen-bond acceptors (Lipinski definition) is 4. The Morgan fingerprint density at radius 1 is 1.75 bits per heavy atom. The maximum Gasteiger partial charge on any atom is 0.344 e. The van der Waals surface area contributed by atoms with E-state index >= 15 is 0 Å². The Kier molecular flexibility index (Phi) is 5.28. The van der Waals surface area contributed by atoms with Crippen LogP contribution in [-0.4, -0.2) is 12.6 Å². The highest BCUT2D eigenvalue weighted by Gasteiger charge is 2.05. The summed E-state index contributed by atoms with van der Waals surface area (Å²) in [6.45, 7) is 7.39. The van der Waals surface area contributed by atoms with Gasteiger partial charge in [0.2, 0.25) is 0 Å². The highest BCUT2D eigenvalue weighted by molar-refractivity contribution is 8.06. The minimum atomic E-state index is -0.389. The second-order valence-electron chi connectivity index (χ2n) is 2.12. The van der Waals surface area contributed by atoms with E-state index < -0.39 is 0 Å². The molecule has 68 valence electrons. The lowest BCUT2D eigenvalue weighted by Gasteiger charge is -2.01. The Morgan fingerprint density at radius 3 is 2.75 bits per heavy atom. The second-order valence-corrected chi connectivity index (χ2v) is 3.09. The summed E-state index contributed by atoms with van der Waals surface area (Å²) in [5.74, 6) is -0.389. The molecule has 0 bridgehead atoms. The maximum atomic E-state index is 10.9. The number of thioether (sulfide) groups is 1. The molecule has 3 nitrogen and oxygen atoms in total. The summed E-state index contributed by atoms with van der Waals surface area (Å²) in [4.78, 5) is 11.3. The molecule has 4 heteroatoms. The van der Waals surface area contributed by atoms with Crippen molar-refractivity contribution in [2.75, 3.05) is 6.61 Å². The molecule has 0 saturated carbocycles. The molecule has 0 aromatic heterocycles. The summed E-state index contributed by atoms with van der Waals surface area (Å²) in [7, 11) is 0. The van der Waals surface area contributed by atoms with Crippen molar-refractivity contribution in [1.29, 1.82) is 0 Å². The molecule has 0 radical (unpaired) electrons. The topological polar surface area (TPSA) is 52.3 Å². The molecule has 0 unspecified atom stereocenters. The quantitative estimate of drug-likeness (QED) is 0.536. The van der Waals surface area contributed by atoms with Crippen LogP contribution in [0.5, 0.6) is 0 Å². The predicted octanol–water partition coefficient (Wildman–Crippen LogP) is 1.62. The maximum absolute atomic E-state index is 10.9. The van der Waals surface area contributed by atoms with E-state index in [9.17, 15) is 4.79 Å². The zero-order valence-electron chi connectivity index (χ0n) is 7.29. The van der Waals surface area contributed by atoms with Gasteiger partial charge in [0.25, 0.3) is 0 Å². The molecular weight excluding hydrogens is 174 g/mol. The van der Waals surface area contributed by atoms with Crippen molar-refractivity contribution in [3.63, 3.8) is 0 Å². The zero-order chi connectivity index (χ0) is 9.56. The first kappa shape index (κ1) is 11.1. The first-order valence-corrected chi connectivity index (χ1v) is 4.40. The molecule has 0 aliphatic rings. The monoisotopic (exact) mass is 187 g/mol. The summed E-state index contributed by atoms with van der Waals surface area (Å²) in [6, 6.07) is 0. The number of esters is 1. The van der Waals surface area contributed by atoms with Crippen molar-refractivity contribution >= 4 is 17.7 Å². The van der Waals surface area contributed by atoms with Crippen LogP contribution >= 0.6 is 11.8 Å². The van der Waals surface area contributed by atoms with Gasteiger partial charge in [0.05, 0.1) is 11.5 Å². The minimum Gasteiger partial charge on any atom is -0.462 e. The summed E-state index contributed by atoms with van der Waals surface area (Å²) in [5, 5.41) is 1.65. The SMILES string of the molecule is C=C(S/C=C(/C)N)C(=O)OCC. The molecule has 0 aromatic carbocycles. The van der Waals surface area contributed by atoms with Gasteiger partial charge in [0.15, 0.2) is 0 Å². The third-order valence-electron chi connectivity index (χ3n) is 0.890. The van der Waals surface area contributed by atoms with E-state index in [0.29, 0.717) is 17.2 Å². The second kappa shape index (κ2) is 5.71. The summed E-state index contributed by atoms with van der Waals surface area (Å²) < 4.78 is 4.71. The van der Waals surface area contributed by atoms with Crippen molar-refractivity contribution in [2.24, 2.45) is 5.73 Å². The molecule has 0 aliphatic carbocycles. The largest absolute Gasteiger partial charge is 0.462 e. The van der Waals surface area contributed by atoms with E-state index in [2.05, 4.69) is 6.58 Å². The molecule has 0 rings (SSSR count). The Bertz CT molecular complexity index is 207. The van der Waals surface area contributed by atoms with Crippen LogP contribution in [0.25, 0.3) is 0 Å². The van der Waals surface area contributed by atoms with Crippen molar-refractivity contribution in [1.82, 2.24) is 0 Å². The fourth-order valence-electron chi connectivity index (χ4n) is 0.424. The van der Waals surface area contributed by atoms with Gasteiger partial charge in [-0.3, -0.25) is 0 Å². The number of allylic oxidation sites excluding steroid dienone is 1. The third-order valence-corrected chi connectivity index (χ3v) is 1.83. The summed E-state index contributed by atoms with van der Waals surface area (Å²) >= 11 is 1.18. The molecule has 0 atom stereocenters. The van der Waals surface area contributed by atoms with Crippen LogP contribution in [0.3, 0.4) is 0 Å². The number of rotatable bonds is 4. The van der Waals surface area contributed by atoms with Gasteiger partial charge in [-0.1, -0.05) is 18.3 Å². The smallest absolute Gasteiger partial charge is 0.344 e. The number of hydrogen-bond donors (Lipinski definition) is 1. The van der Waals surface area contributed by atoms with Gasteiger partial charge in [-0.25, -0.2) is 4.79 Å². The van der Waals surface area contributed by atoms with Crippen molar-refractivity contribution < 1.29 is 9.53 Å². The first-order valence-electron chi connectivity index (χ1n) is 3.52. The van der Waals surface area contributed by atoms with Gasteiger partial charge in [-0.05, 0) is 19.3 Å². The van der Waals surface area contributed by atoms with Crippen LogP contribution in [0.2, 0.25) is 0 Å². The number of carbonyl (C=O) groups excluding carboxylic acids is 1. The molecule has 0 amide bonds. The van der Waals surface area contributed by atoms with Gasteiger partial charge < -0.3 is 10.5 Å². The first-order chi connectivity index (χ1) is 5.57. The average molecular weight is 187 g/mol. The van der Waals surface area contributed by atoms with Crippen LogP contribution in [0.1, 0.15) is 13.8 Å². The average Bonchev–Trinajstić information content (AvgIpc) is 2.00. The molecule has 0 fully saturated rings. The fraction of sp³-hybridized carbons (Fsp3) is 0.375. The van der Waals surface area contributed by atoms with E-state index in [1.54, 1.807) is 19.3 Å². The van der Waals surface area contributed by atoms with Gasteiger partial charge in [-0.2, -0.15) is 0 Å². The normalized spacial score (nSPS) is 11.0. The van der Waals surface area contributed by atoms with E-state index in [4.69, 9.17) is 10.5 Å². The molecule has 0 aromatic rings. The standard InChI is InChI=1S/C8H13NO2S/c1-4-11-8(10)7(3)12-5-6(2)9/h5H,3-4,9H2,1-2H3/b6-5-. The van der Waals surface area contributed by atoms with E-state index in [1.807, 2.05) is 0 Å². The van der Waals surface area contributed by atoms with Crippen LogP contribution in [-0.2, 0) is 9.53 Å². The Morgan fingerprint density at radius 2 is 2.33 bits per heavy atom. The number of nitrogens with two attached hydrogens (primary N) is 1. The molecule has 0 spiro atoms. The van der Waals surface area contributed by atoms with E-state index in [1.165, 1.54) is 11.8 Å². The molecular formula is C8H13NO2S. The van der Waals surface area contributed by atoms with Gasteiger partial charge >= 0.3 is 5.97 Å². The van der Waals surface area contributed by atoms with Gasteiger partial charge in [0, 0.05) is 5.70 Å². The molecule has 0 heterocycles. The predicted molar refractivity (Wildman–Crippen MR) is 51.3 cm³/mol. The van der Waals surface area contributed by atoms with Crippen LogP contribution in [0.15, 0.2) is 22.6 Å². The van der Waals surface area contributed by atoms with Crippen LogP contribution < -0.4 is 5.73 Å². The van der Waals surface area contributed by atoms with Crippen LogP contribution in [0.4, 0.5) is 0 Å². The Hall–Kier alpha value is -0.900. The lowest BCUT2D eigenvalue weighted by molar-refractivity contribution is -0.137. The summed E-state index contributed by atoms with van der Waals surface area (Å²) in [5.41, 5.74) is 6.01. The third kappa shape index (κ3) is 4.85. The minimum absolute atomic E-state index is 0.349. The molecule has 0 aliphatic heterocycles. The molecule has 0 saturated heterocycles. The molecule has 2 N–H and O–H groups in total. The Balaban J connectivity index is 3.88.